The van der Waals surface area contributed by atoms with E-state index >= 15 is 0 Å². The van der Waals surface area contributed by atoms with Crippen molar-refractivity contribution in [3.05, 3.63) is 147 Å². The highest BCUT2D eigenvalue weighted by atomic mass is 35.5. The molecule has 364 valence electrons. The van der Waals surface area contributed by atoms with Crippen LogP contribution in [0.1, 0.15) is 84.8 Å². The quantitative estimate of drug-likeness (QED) is 0.0690. The SMILES string of the molecule is O=C(C[C@@H](c1ccccc1)c1cccc(OCc2ccc(S(=O)(=O)N3CCC[C@H]3C(=O)O[C@@H](Cc3c(Cl)cncc3Cl)c3ccc(OC(F)F)c(OCC4CC4)c3)cc2)c1)O[C@H]1CN2CCC1CC2. The van der Waals surface area contributed by atoms with Crippen LogP contribution < -0.4 is 14.2 Å². The highest BCUT2D eigenvalue weighted by Crippen LogP contribution is 2.40. The molecule has 0 spiro atoms. The third-order valence-corrected chi connectivity index (χ3v) is 16.0. The molecule has 5 aromatic rings. The van der Waals surface area contributed by atoms with Gasteiger partial charge in [0.1, 0.15) is 30.6 Å². The van der Waals surface area contributed by atoms with Gasteiger partial charge in [0, 0.05) is 37.8 Å². The molecular formula is C52H53Cl2F2N3O9S. The molecule has 5 aliphatic rings. The smallest absolute Gasteiger partial charge is 0.387 e. The second-order valence-electron chi connectivity index (χ2n) is 18.2. The van der Waals surface area contributed by atoms with E-state index in [0.29, 0.717) is 47.3 Å². The molecule has 1 aliphatic carbocycles. The average molecular weight is 1000 g/mol. The van der Waals surface area contributed by atoms with Crippen molar-refractivity contribution >= 4 is 45.2 Å². The lowest BCUT2D eigenvalue weighted by molar-refractivity contribution is -0.159. The van der Waals surface area contributed by atoms with E-state index in [1.807, 2.05) is 54.6 Å². The van der Waals surface area contributed by atoms with Gasteiger partial charge in [-0.15, -0.1) is 0 Å². The molecule has 4 saturated heterocycles. The first-order valence-corrected chi connectivity index (χ1v) is 25.6. The van der Waals surface area contributed by atoms with Gasteiger partial charge >= 0.3 is 18.6 Å². The number of alkyl halides is 2. The van der Waals surface area contributed by atoms with Gasteiger partial charge < -0.3 is 23.7 Å². The maximum absolute atomic E-state index is 14.2. The van der Waals surface area contributed by atoms with Crippen molar-refractivity contribution < 1.29 is 50.5 Å². The van der Waals surface area contributed by atoms with E-state index in [-0.39, 0.29) is 76.8 Å². The van der Waals surface area contributed by atoms with E-state index in [4.69, 9.17) is 46.9 Å². The van der Waals surface area contributed by atoms with Gasteiger partial charge in [-0.2, -0.15) is 13.1 Å². The number of esters is 2. The van der Waals surface area contributed by atoms with Crippen molar-refractivity contribution in [1.82, 2.24) is 14.2 Å². The Bertz CT molecular complexity index is 2690. The van der Waals surface area contributed by atoms with E-state index < -0.39 is 34.7 Å². The Morgan fingerprint density at radius 3 is 2.22 bits per heavy atom. The molecule has 0 amide bonds. The molecule has 12 nitrogen and oxygen atoms in total. The van der Waals surface area contributed by atoms with Crippen LogP contribution in [-0.2, 0) is 42.1 Å². The Morgan fingerprint density at radius 1 is 0.783 bits per heavy atom. The molecule has 1 saturated carbocycles. The second-order valence-corrected chi connectivity index (χ2v) is 20.9. The number of ether oxygens (including phenoxy) is 5. The largest absolute Gasteiger partial charge is 0.489 e. The van der Waals surface area contributed by atoms with Crippen molar-refractivity contribution in [2.75, 3.05) is 32.8 Å². The van der Waals surface area contributed by atoms with Crippen molar-refractivity contribution in [3.8, 4) is 17.2 Å². The number of fused-ring (bicyclic) bond motifs is 3. The van der Waals surface area contributed by atoms with Crippen LogP contribution >= 0.6 is 23.2 Å². The van der Waals surface area contributed by atoms with E-state index in [9.17, 15) is 26.8 Å². The van der Waals surface area contributed by atoms with Gasteiger partial charge in [-0.05, 0) is 128 Å². The minimum Gasteiger partial charge on any atom is -0.489 e. The molecule has 17 heteroatoms. The van der Waals surface area contributed by atoms with Crippen LogP contribution in [-0.4, -0.2) is 86.1 Å². The molecular weight excluding hydrogens is 952 g/mol. The normalized spacial score (nSPS) is 21.1. The Balaban J connectivity index is 0.871. The summed E-state index contributed by atoms with van der Waals surface area (Å²) < 4.78 is 85.5. The van der Waals surface area contributed by atoms with Gasteiger partial charge in [0.05, 0.1) is 28.0 Å². The van der Waals surface area contributed by atoms with Crippen molar-refractivity contribution in [2.45, 2.75) is 93.6 Å². The molecule has 5 fully saturated rings. The number of aromatic nitrogens is 1. The number of halogens is 4. The third kappa shape index (κ3) is 12.0. The van der Waals surface area contributed by atoms with Gasteiger partial charge in [0.15, 0.2) is 11.5 Å². The first-order chi connectivity index (χ1) is 33.4. The summed E-state index contributed by atoms with van der Waals surface area (Å²) in [6.45, 7) is 0.321. The van der Waals surface area contributed by atoms with E-state index in [2.05, 4.69) is 9.88 Å². The van der Waals surface area contributed by atoms with Crippen molar-refractivity contribution in [1.29, 1.82) is 0 Å². The maximum Gasteiger partial charge on any atom is 0.387 e. The number of sulfonamides is 1. The Hall–Kier alpha value is -5.32. The predicted molar refractivity (Wildman–Crippen MR) is 254 cm³/mol. The molecule has 1 aromatic heterocycles. The van der Waals surface area contributed by atoms with Crippen LogP contribution in [0.4, 0.5) is 8.78 Å². The zero-order valence-electron chi connectivity index (χ0n) is 37.8. The Labute approximate surface area is 410 Å². The summed E-state index contributed by atoms with van der Waals surface area (Å²) in [4.78, 5) is 34.0. The van der Waals surface area contributed by atoms with Crippen LogP contribution in [0.3, 0.4) is 0 Å². The number of pyridine rings is 1. The average Bonchev–Trinajstić information content (AvgIpc) is 4.05. The van der Waals surface area contributed by atoms with E-state index in [1.165, 1.54) is 42.7 Å². The number of nitrogens with zero attached hydrogens (tertiary/aromatic N) is 3. The second kappa shape index (κ2) is 21.8. The van der Waals surface area contributed by atoms with Crippen LogP contribution in [0.15, 0.2) is 114 Å². The van der Waals surface area contributed by atoms with Gasteiger partial charge in [-0.1, -0.05) is 83.9 Å². The lowest BCUT2D eigenvalue weighted by atomic mass is 9.85. The zero-order valence-corrected chi connectivity index (χ0v) is 40.1. The predicted octanol–water partition coefficient (Wildman–Crippen LogP) is 10.2. The van der Waals surface area contributed by atoms with Gasteiger partial charge in [-0.3, -0.25) is 19.5 Å². The number of carbonyl (C=O) groups excluding carboxylic acids is 2. The summed E-state index contributed by atoms with van der Waals surface area (Å²) in [6.07, 6.45) is 6.39. The standard InChI is InChI=1S/C52H53Cl2F2N3O9S/c53-43-28-57-29-44(54)42(43)26-47(38-15-18-46(68-52(55)56)48(25-38)65-32-33-11-12-33)67-51(61)45-10-5-21-59(45)69(62,63)40-16-13-34(14-17-40)31-64-39-9-4-8-37(24-39)41(35-6-2-1-3-7-35)27-50(60)66-49-30-58-22-19-36(49)20-23-58/h1-4,6-9,13-18,24-25,28-29,33,36,41,45,47,49,52H,5,10-12,19-23,26-27,30-32H2/t41-,45-,47-,49-/m0/s1. The molecule has 69 heavy (non-hydrogen) atoms. The summed E-state index contributed by atoms with van der Waals surface area (Å²) in [5.74, 6) is -0.124. The number of hydrogen-bond donors (Lipinski definition) is 0. The highest BCUT2D eigenvalue weighted by Gasteiger charge is 2.42. The van der Waals surface area contributed by atoms with Crippen LogP contribution in [0, 0.1) is 11.8 Å². The van der Waals surface area contributed by atoms with Crippen molar-refractivity contribution in [2.24, 2.45) is 11.8 Å². The minimum atomic E-state index is -4.19. The first-order valence-electron chi connectivity index (χ1n) is 23.4. The maximum atomic E-state index is 14.2. The summed E-state index contributed by atoms with van der Waals surface area (Å²) in [5.41, 5.74) is 3.39. The van der Waals surface area contributed by atoms with Crippen LogP contribution in [0.25, 0.3) is 0 Å². The first kappa shape index (κ1) is 48.7. The van der Waals surface area contributed by atoms with Gasteiger partial charge in [-0.25, -0.2) is 8.42 Å². The Kier molecular flexibility index (Phi) is 15.4. The fourth-order valence-corrected chi connectivity index (χ4v) is 11.6. The molecule has 2 bridgehead atoms. The number of benzene rings is 4. The Morgan fingerprint density at radius 2 is 1.52 bits per heavy atom. The fourth-order valence-electron chi connectivity index (χ4n) is 9.47. The van der Waals surface area contributed by atoms with Crippen LogP contribution in [0.2, 0.25) is 10.0 Å². The molecule has 0 N–H and O–H groups in total. The summed E-state index contributed by atoms with van der Waals surface area (Å²) in [6, 6.07) is 26.9. The van der Waals surface area contributed by atoms with Crippen LogP contribution in [0.5, 0.6) is 17.2 Å². The molecule has 4 aromatic carbocycles. The molecule has 0 unspecified atom stereocenters. The lowest BCUT2D eigenvalue weighted by Gasteiger charge is -2.44. The number of carbonyl (C=O) groups is 2. The molecule has 4 aliphatic heterocycles. The summed E-state index contributed by atoms with van der Waals surface area (Å²) in [5, 5.41) is 0.424. The lowest BCUT2D eigenvalue weighted by Crippen LogP contribution is -2.52. The topological polar surface area (TPSA) is 134 Å². The number of piperidine rings is 3. The van der Waals surface area contributed by atoms with E-state index in [1.54, 1.807) is 12.1 Å². The monoisotopic (exact) mass is 1000 g/mol. The zero-order chi connectivity index (χ0) is 48.1. The van der Waals surface area contributed by atoms with Gasteiger partial charge in [0.25, 0.3) is 0 Å². The number of rotatable bonds is 20. The molecule has 10 rings (SSSR count). The van der Waals surface area contributed by atoms with Gasteiger partial charge in [0.2, 0.25) is 10.0 Å². The summed E-state index contributed by atoms with van der Waals surface area (Å²) in [7, 11) is -4.19. The molecule has 5 heterocycles. The third-order valence-electron chi connectivity index (χ3n) is 13.5. The molecule has 0 radical (unpaired) electrons. The fraction of sp³-hybridized carbons (Fsp3) is 0.404. The summed E-state index contributed by atoms with van der Waals surface area (Å²) >= 11 is 13.0. The van der Waals surface area contributed by atoms with Crippen molar-refractivity contribution in [3.63, 3.8) is 0 Å². The molecule has 4 atom stereocenters. The van der Waals surface area contributed by atoms with E-state index in [0.717, 1.165) is 60.7 Å². The highest BCUT2D eigenvalue weighted by molar-refractivity contribution is 7.89. The number of hydrogen-bond acceptors (Lipinski definition) is 11. The minimum absolute atomic E-state index is 0.0113.